The van der Waals surface area contributed by atoms with Crippen molar-refractivity contribution in [1.29, 1.82) is 0 Å². The number of hydrogen-bond donors (Lipinski definition) is 0. The Hall–Kier alpha value is -4.05. The fourth-order valence-corrected chi connectivity index (χ4v) is 8.43. The van der Waals surface area contributed by atoms with E-state index in [-0.39, 0.29) is 36.6 Å². The van der Waals surface area contributed by atoms with Gasteiger partial charge in [-0.1, -0.05) is 56.3 Å². The zero-order chi connectivity index (χ0) is 31.2. The number of pyridine rings is 1. The molecule has 10 heteroatoms. The van der Waals surface area contributed by atoms with Gasteiger partial charge in [0.15, 0.2) is 5.69 Å². The highest BCUT2D eigenvalue weighted by molar-refractivity contribution is 7.98. The monoisotopic (exact) mass is 613 g/mol. The number of carbonyl (C=O) groups excluding carboxylic acids is 3. The largest absolute Gasteiger partial charge is 0.446 e. The van der Waals surface area contributed by atoms with E-state index in [4.69, 9.17) is 9.47 Å². The Morgan fingerprint density at radius 2 is 1.68 bits per heavy atom. The predicted molar refractivity (Wildman–Crippen MR) is 165 cm³/mol. The summed E-state index contributed by atoms with van der Waals surface area (Å²) in [6.07, 6.45) is 2.33. The normalized spacial score (nSPS) is 26.5. The van der Waals surface area contributed by atoms with Crippen molar-refractivity contribution in [2.75, 3.05) is 11.7 Å². The third-order valence-corrected chi connectivity index (χ3v) is 11.7. The second-order valence-electron chi connectivity index (χ2n) is 13.1. The molecule has 228 valence electrons. The number of benzene rings is 2. The molecule has 0 N–H and O–H groups in total. The van der Waals surface area contributed by atoms with Crippen molar-refractivity contribution >= 4 is 29.6 Å². The SMILES string of the molecule is CC(C)N1CN(C2c3ccccc3CSc3ccccc32)n2ccc(=O)c(OC(=O)[C@@]34CC[C@@](C)(C(=O)O3)C4(C)C)c2C1=O. The van der Waals surface area contributed by atoms with Crippen molar-refractivity contribution in [3.63, 3.8) is 0 Å². The average molecular weight is 614 g/mol. The number of thioether (sulfide) groups is 1. The van der Waals surface area contributed by atoms with Crippen LogP contribution < -0.4 is 15.2 Å². The number of fused-ring (bicyclic) bond motifs is 5. The molecule has 1 aliphatic carbocycles. The summed E-state index contributed by atoms with van der Waals surface area (Å²) >= 11 is 1.77. The molecule has 4 aliphatic rings. The quantitative estimate of drug-likeness (QED) is 0.378. The second kappa shape index (κ2) is 9.72. The van der Waals surface area contributed by atoms with Crippen molar-refractivity contribution in [1.82, 2.24) is 9.58 Å². The standard InChI is InChI=1S/C34H35N3O6S/c1-20(2)35-19-37(26-22-11-7-6-10-21(22)18-44-25-13-9-8-12-23(25)26)36-17-14-24(38)28(27(36)29(35)39)42-31(41)34-16-15-33(5,30(40)43-34)32(34,3)4/h6-14,17,20,26H,15-16,18-19H2,1-5H3/t26?,33-,34+/m0/s1. The lowest BCUT2D eigenvalue weighted by Gasteiger charge is -2.45. The molecule has 3 atom stereocenters. The third kappa shape index (κ3) is 3.72. The maximum atomic E-state index is 14.2. The van der Waals surface area contributed by atoms with Crippen LogP contribution in [0.5, 0.6) is 5.75 Å². The second-order valence-corrected chi connectivity index (χ2v) is 14.2. The van der Waals surface area contributed by atoms with Gasteiger partial charge in [0.2, 0.25) is 16.8 Å². The van der Waals surface area contributed by atoms with Crippen LogP contribution in [0.1, 0.15) is 80.7 Å². The van der Waals surface area contributed by atoms with Crippen molar-refractivity contribution in [2.45, 2.75) is 75.8 Å². The first-order valence-corrected chi connectivity index (χ1v) is 16.0. The van der Waals surface area contributed by atoms with Gasteiger partial charge in [-0.3, -0.25) is 24.1 Å². The Labute approximate surface area is 260 Å². The van der Waals surface area contributed by atoms with E-state index in [9.17, 15) is 19.2 Å². The lowest BCUT2D eigenvalue weighted by Crippen LogP contribution is -2.58. The molecule has 1 amide bonds. The summed E-state index contributed by atoms with van der Waals surface area (Å²) in [5, 5.41) is 2.06. The smallest absolute Gasteiger partial charge is 0.356 e. The molecular formula is C34H35N3O6S. The highest BCUT2D eigenvalue weighted by Gasteiger charge is 2.76. The van der Waals surface area contributed by atoms with E-state index >= 15 is 0 Å². The van der Waals surface area contributed by atoms with E-state index in [1.54, 1.807) is 34.5 Å². The fraction of sp³-hybridized carbons (Fsp3) is 0.412. The van der Waals surface area contributed by atoms with Crippen LogP contribution in [0.2, 0.25) is 0 Å². The van der Waals surface area contributed by atoms with Crippen LogP contribution in [0.3, 0.4) is 0 Å². The summed E-state index contributed by atoms with van der Waals surface area (Å²) in [4.78, 5) is 57.4. The number of esters is 2. The van der Waals surface area contributed by atoms with Gasteiger partial charge >= 0.3 is 11.9 Å². The van der Waals surface area contributed by atoms with Crippen LogP contribution in [-0.4, -0.2) is 45.7 Å². The molecule has 3 aliphatic heterocycles. The summed E-state index contributed by atoms with van der Waals surface area (Å²) in [6.45, 7) is 9.53. The number of nitrogens with zero attached hydrogens (tertiary/aromatic N) is 3. The van der Waals surface area contributed by atoms with E-state index in [0.717, 1.165) is 21.8 Å². The average Bonchev–Trinajstić information content (AvgIpc) is 3.20. The zero-order valence-corrected chi connectivity index (χ0v) is 26.3. The van der Waals surface area contributed by atoms with Gasteiger partial charge in [-0.25, -0.2) is 4.79 Å². The minimum absolute atomic E-state index is 0.0306. The van der Waals surface area contributed by atoms with E-state index in [2.05, 4.69) is 29.3 Å². The van der Waals surface area contributed by atoms with Crippen LogP contribution in [0.25, 0.3) is 0 Å². The Morgan fingerprint density at radius 1 is 0.977 bits per heavy atom. The molecular weight excluding hydrogens is 578 g/mol. The summed E-state index contributed by atoms with van der Waals surface area (Å²) in [6, 6.07) is 17.3. The molecule has 1 aromatic heterocycles. The lowest BCUT2D eigenvalue weighted by atomic mass is 9.66. The molecule has 2 fully saturated rings. The molecule has 7 rings (SSSR count). The Bertz CT molecular complexity index is 1750. The van der Waals surface area contributed by atoms with Crippen LogP contribution in [0.15, 0.2) is 70.5 Å². The van der Waals surface area contributed by atoms with Gasteiger partial charge in [0.1, 0.15) is 6.67 Å². The maximum absolute atomic E-state index is 14.2. The van der Waals surface area contributed by atoms with Crippen LogP contribution in [0.4, 0.5) is 0 Å². The fourth-order valence-electron chi connectivity index (χ4n) is 7.34. The highest BCUT2D eigenvalue weighted by Crippen LogP contribution is 2.65. The third-order valence-electron chi connectivity index (χ3n) is 10.5. The van der Waals surface area contributed by atoms with E-state index in [1.807, 2.05) is 52.0 Å². The van der Waals surface area contributed by atoms with Crippen molar-refractivity contribution in [2.24, 2.45) is 10.8 Å². The van der Waals surface area contributed by atoms with Gasteiger partial charge in [0.25, 0.3) is 5.91 Å². The number of aromatic nitrogens is 1. The van der Waals surface area contributed by atoms with Crippen LogP contribution in [-0.2, 0) is 20.1 Å². The molecule has 1 unspecified atom stereocenters. The molecule has 3 aromatic rings. The summed E-state index contributed by atoms with van der Waals surface area (Å²) in [7, 11) is 0. The number of carbonyl (C=O) groups is 3. The lowest BCUT2D eigenvalue weighted by molar-refractivity contribution is -0.176. The molecule has 4 heterocycles. The molecule has 9 nitrogen and oxygen atoms in total. The first-order valence-electron chi connectivity index (χ1n) is 15.0. The molecule has 0 spiro atoms. The summed E-state index contributed by atoms with van der Waals surface area (Å²) < 4.78 is 13.4. The van der Waals surface area contributed by atoms with Crippen molar-refractivity contribution in [3.05, 3.63) is 93.4 Å². The molecule has 0 radical (unpaired) electrons. The van der Waals surface area contributed by atoms with Gasteiger partial charge in [-0.15, -0.1) is 11.8 Å². The van der Waals surface area contributed by atoms with E-state index < -0.39 is 39.7 Å². The Morgan fingerprint density at radius 3 is 2.36 bits per heavy atom. The first kappa shape index (κ1) is 28.7. The van der Waals surface area contributed by atoms with Crippen molar-refractivity contribution < 1.29 is 23.9 Å². The topological polar surface area (TPSA) is 98.2 Å². The maximum Gasteiger partial charge on any atom is 0.356 e. The molecule has 1 saturated heterocycles. The highest BCUT2D eigenvalue weighted by atomic mass is 32.2. The number of hydrogen-bond acceptors (Lipinski definition) is 8. The van der Waals surface area contributed by atoms with Gasteiger partial charge < -0.3 is 14.4 Å². The predicted octanol–water partition coefficient (Wildman–Crippen LogP) is 5.03. The van der Waals surface area contributed by atoms with Crippen molar-refractivity contribution in [3.8, 4) is 5.75 Å². The van der Waals surface area contributed by atoms with Crippen LogP contribution >= 0.6 is 11.8 Å². The molecule has 1 saturated carbocycles. The van der Waals surface area contributed by atoms with E-state index in [0.29, 0.717) is 6.42 Å². The molecule has 2 bridgehead atoms. The number of rotatable bonds is 4. The summed E-state index contributed by atoms with van der Waals surface area (Å²) in [5.41, 5.74) is -0.556. The molecule has 2 aromatic carbocycles. The summed E-state index contributed by atoms with van der Waals surface area (Å²) in [5.74, 6) is -1.26. The Balaban J connectivity index is 1.40. The van der Waals surface area contributed by atoms with Gasteiger partial charge in [-0.2, -0.15) is 0 Å². The minimum Gasteiger partial charge on any atom is -0.446 e. The number of amides is 1. The Kier molecular flexibility index (Phi) is 6.34. The first-order chi connectivity index (χ1) is 20.9. The van der Waals surface area contributed by atoms with Gasteiger partial charge in [-0.05, 0) is 56.4 Å². The minimum atomic E-state index is -1.55. The molecule has 44 heavy (non-hydrogen) atoms. The van der Waals surface area contributed by atoms with Crippen LogP contribution in [0, 0.1) is 10.8 Å². The van der Waals surface area contributed by atoms with Gasteiger partial charge in [0, 0.05) is 34.4 Å². The van der Waals surface area contributed by atoms with E-state index in [1.165, 1.54) is 11.6 Å². The number of ether oxygens (including phenoxy) is 2. The zero-order valence-electron chi connectivity index (χ0n) is 25.5. The van der Waals surface area contributed by atoms with Gasteiger partial charge in [0.05, 0.1) is 11.5 Å².